The second-order valence-corrected chi connectivity index (χ2v) is 8.68. The number of ether oxygens (including phenoxy) is 1. The first-order chi connectivity index (χ1) is 15.8. The van der Waals surface area contributed by atoms with Crippen LogP contribution in [0, 0.1) is 0 Å². The van der Waals surface area contributed by atoms with Crippen molar-refractivity contribution in [3.8, 4) is 11.1 Å². The standard InChI is InChI=1S/C28H29NO3/c30-18-8-17-29(27-16-7-10-20-9-1-2-11-21(20)27)28(31)32-19-26-24-14-5-3-12-22(24)23-13-4-6-15-25(23)26/h1-6,9,11-15,26-27,30H,7-8,10,16-19H2. The zero-order valence-corrected chi connectivity index (χ0v) is 18.2. The number of carbonyl (C=O) groups excluding carboxylic acids is 1. The van der Waals surface area contributed by atoms with Crippen molar-refractivity contribution < 1.29 is 14.6 Å². The van der Waals surface area contributed by atoms with E-state index in [-0.39, 0.29) is 24.7 Å². The van der Waals surface area contributed by atoms with Gasteiger partial charge in [0, 0.05) is 19.1 Å². The number of nitrogens with zero attached hydrogens (tertiary/aromatic N) is 1. The fourth-order valence-corrected chi connectivity index (χ4v) is 5.34. The number of fused-ring (bicyclic) bond motifs is 4. The fourth-order valence-electron chi connectivity index (χ4n) is 5.34. The molecule has 2 aliphatic rings. The number of hydrogen-bond acceptors (Lipinski definition) is 3. The van der Waals surface area contributed by atoms with E-state index in [1.807, 2.05) is 23.1 Å². The molecule has 2 aliphatic carbocycles. The summed E-state index contributed by atoms with van der Waals surface area (Å²) in [5.41, 5.74) is 7.40. The van der Waals surface area contributed by atoms with Crippen molar-refractivity contribution in [3.63, 3.8) is 0 Å². The van der Waals surface area contributed by atoms with Crippen molar-refractivity contribution in [2.75, 3.05) is 19.8 Å². The SMILES string of the molecule is O=C(OCC1c2ccccc2-c2ccccc21)N(CCCO)C1CCCc2ccccc21. The van der Waals surface area contributed by atoms with Crippen LogP contribution in [0.5, 0.6) is 0 Å². The summed E-state index contributed by atoms with van der Waals surface area (Å²) >= 11 is 0. The molecule has 3 aromatic rings. The Morgan fingerprint density at radius 2 is 1.53 bits per heavy atom. The van der Waals surface area contributed by atoms with Crippen molar-refractivity contribution in [2.24, 2.45) is 0 Å². The van der Waals surface area contributed by atoms with E-state index in [1.165, 1.54) is 33.4 Å². The Hall–Kier alpha value is -3.11. The predicted octanol–water partition coefficient (Wildman–Crippen LogP) is 5.70. The molecule has 0 aromatic heterocycles. The number of benzene rings is 3. The number of carbonyl (C=O) groups is 1. The average Bonchev–Trinajstić information content (AvgIpc) is 3.17. The summed E-state index contributed by atoms with van der Waals surface area (Å²) < 4.78 is 5.97. The summed E-state index contributed by atoms with van der Waals surface area (Å²) in [6.45, 7) is 0.866. The van der Waals surface area contributed by atoms with Gasteiger partial charge in [0.1, 0.15) is 6.61 Å². The van der Waals surface area contributed by atoms with E-state index in [9.17, 15) is 9.90 Å². The van der Waals surface area contributed by atoms with Crippen LogP contribution in [0.15, 0.2) is 72.8 Å². The van der Waals surface area contributed by atoms with E-state index >= 15 is 0 Å². The van der Waals surface area contributed by atoms with E-state index in [0.717, 1.165) is 19.3 Å². The smallest absolute Gasteiger partial charge is 0.410 e. The molecule has 0 heterocycles. The number of hydrogen-bond donors (Lipinski definition) is 1. The van der Waals surface area contributed by atoms with E-state index in [4.69, 9.17) is 4.74 Å². The maximum atomic E-state index is 13.4. The van der Waals surface area contributed by atoms with Crippen LogP contribution in [0.2, 0.25) is 0 Å². The fraction of sp³-hybridized carbons (Fsp3) is 0.321. The summed E-state index contributed by atoms with van der Waals surface area (Å²) in [6, 6.07) is 25.1. The van der Waals surface area contributed by atoms with Crippen LogP contribution >= 0.6 is 0 Å². The summed E-state index contributed by atoms with van der Waals surface area (Å²) in [7, 11) is 0. The first-order valence-electron chi connectivity index (χ1n) is 11.6. The molecule has 32 heavy (non-hydrogen) atoms. The molecule has 0 aliphatic heterocycles. The summed E-state index contributed by atoms with van der Waals surface area (Å²) in [6.07, 6.45) is 3.27. The lowest BCUT2D eigenvalue weighted by molar-refractivity contribution is 0.0765. The molecule has 1 amide bonds. The van der Waals surface area contributed by atoms with E-state index in [1.54, 1.807) is 0 Å². The molecule has 4 heteroatoms. The minimum Gasteiger partial charge on any atom is -0.448 e. The van der Waals surface area contributed by atoms with Gasteiger partial charge in [0.05, 0.1) is 6.04 Å². The van der Waals surface area contributed by atoms with Crippen molar-refractivity contribution in [1.29, 1.82) is 0 Å². The van der Waals surface area contributed by atoms with Crippen LogP contribution in [0.1, 0.15) is 53.5 Å². The quantitative estimate of drug-likeness (QED) is 0.549. The number of aliphatic hydroxyl groups is 1. The first-order valence-corrected chi connectivity index (χ1v) is 11.6. The highest BCUT2D eigenvalue weighted by Crippen LogP contribution is 2.44. The molecule has 5 rings (SSSR count). The Morgan fingerprint density at radius 1 is 0.906 bits per heavy atom. The van der Waals surface area contributed by atoms with Crippen molar-refractivity contribution in [1.82, 2.24) is 4.90 Å². The second kappa shape index (κ2) is 9.17. The molecular weight excluding hydrogens is 398 g/mol. The van der Waals surface area contributed by atoms with Gasteiger partial charge in [0.15, 0.2) is 0 Å². The van der Waals surface area contributed by atoms with Gasteiger partial charge in [-0.15, -0.1) is 0 Å². The Kier molecular flexibility index (Phi) is 5.95. The number of aliphatic hydroxyl groups excluding tert-OH is 1. The van der Waals surface area contributed by atoms with Gasteiger partial charge in [-0.2, -0.15) is 0 Å². The van der Waals surface area contributed by atoms with Crippen LogP contribution in [0.4, 0.5) is 4.79 Å². The highest BCUT2D eigenvalue weighted by atomic mass is 16.6. The first kappa shape index (κ1) is 20.8. The minimum atomic E-state index is -0.290. The average molecular weight is 428 g/mol. The van der Waals surface area contributed by atoms with E-state index in [0.29, 0.717) is 19.6 Å². The molecule has 1 unspecified atom stereocenters. The molecule has 0 fully saturated rings. The molecule has 0 saturated heterocycles. The Morgan fingerprint density at radius 3 is 2.22 bits per heavy atom. The van der Waals surface area contributed by atoms with Gasteiger partial charge in [-0.3, -0.25) is 0 Å². The van der Waals surface area contributed by atoms with Crippen molar-refractivity contribution >= 4 is 6.09 Å². The zero-order valence-electron chi connectivity index (χ0n) is 18.2. The van der Waals surface area contributed by atoms with Crippen LogP contribution in [0.3, 0.4) is 0 Å². The summed E-state index contributed by atoms with van der Waals surface area (Å²) in [4.78, 5) is 15.2. The van der Waals surface area contributed by atoms with Crippen molar-refractivity contribution in [3.05, 3.63) is 95.1 Å². The van der Waals surface area contributed by atoms with E-state index < -0.39 is 0 Å². The van der Waals surface area contributed by atoms with Gasteiger partial charge in [-0.25, -0.2) is 4.79 Å². The van der Waals surface area contributed by atoms with Gasteiger partial charge in [0.2, 0.25) is 0 Å². The molecule has 0 radical (unpaired) electrons. The molecule has 3 aromatic carbocycles. The molecule has 0 saturated carbocycles. The van der Waals surface area contributed by atoms with Crippen LogP contribution < -0.4 is 0 Å². The lowest BCUT2D eigenvalue weighted by Gasteiger charge is -2.35. The molecule has 0 spiro atoms. The highest BCUT2D eigenvalue weighted by molar-refractivity contribution is 5.79. The molecular formula is C28H29NO3. The molecule has 1 atom stereocenters. The third-order valence-electron chi connectivity index (χ3n) is 6.84. The van der Waals surface area contributed by atoms with Gasteiger partial charge < -0.3 is 14.7 Å². The minimum absolute atomic E-state index is 0.00199. The summed E-state index contributed by atoms with van der Waals surface area (Å²) in [5, 5.41) is 9.43. The lowest BCUT2D eigenvalue weighted by atomic mass is 9.87. The number of amides is 1. The van der Waals surface area contributed by atoms with Crippen LogP contribution in [-0.4, -0.2) is 35.9 Å². The van der Waals surface area contributed by atoms with E-state index in [2.05, 4.69) is 54.6 Å². The molecule has 4 nitrogen and oxygen atoms in total. The second-order valence-electron chi connectivity index (χ2n) is 8.68. The van der Waals surface area contributed by atoms with Gasteiger partial charge in [0.25, 0.3) is 0 Å². The Labute approximate surface area is 189 Å². The Bertz CT molecular complexity index is 1060. The monoisotopic (exact) mass is 427 g/mol. The van der Waals surface area contributed by atoms with Crippen LogP contribution in [-0.2, 0) is 11.2 Å². The molecule has 0 bridgehead atoms. The third kappa shape index (κ3) is 3.80. The topological polar surface area (TPSA) is 49.8 Å². The Balaban J connectivity index is 1.37. The predicted molar refractivity (Wildman–Crippen MR) is 126 cm³/mol. The summed E-state index contributed by atoms with van der Waals surface area (Å²) in [5.74, 6) is 0.0460. The van der Waals surface area contributed by atoms with Gasteiger partial charge in [-0.1, -0.05) is 72.8 Å². The number of rotatable bonds is 6. The lowest BCUT2D eigenvalue weighted by Crippen LogP contribution is -2.38. The van der Waals surface area contributed by atoms with Crippen LogP contribution in [0.25, 0.3) is 11.1 Å². The highest BCUT2D eigenvalue weighted by Gasteiger charge is 2.32. The number of aryl methyl sites for hydroxylation is 1. The molecule has 164 valence electrons. The third-order valence-corrected chi connectivity index (χ3v) is 6.84. The van der Waals surface area contributed by atoms with Gasteiger partial charge >= 0.3 is 6.09 Å². The maximum Gasteiger partial charge on any atom is 0.410 e. The maximum absolute atomic E-state index is 13.4. The zero-order chi connectivity index (χ0) is 21.9. The largest absolute Gasteiger partial charge is 0.448 e. The van der Waals surface area contributed by atoms with Crippen molar-refractivity contribution in [2.45, 2.75) is 37.6 Å². The normalized spacial score (nSPS) is 16.7. The van der Waals surface area contributed by atoms with Gasteiger partial charge in [-0.05, 0) is 59.1 Å². The molecule has 1 N–H and O–H groups in total.